The first-order valence-corrected chi connectivity index (χ1v) is 12.1. The molecule has 0 aliphatic carbocycles. The van der Waals surface area contributed by atoms with Gasteiger partial charge in [-0.15, -0.1) is 0 Å². The van der Waals surface area contributed by atoms with Gasteiger partial charge < -0.3 is 9.47 Å². The van der Waals surface area contributed by atoms with Crippen LogP contribution in [0.15, 0.2) is 78.4 Å². The number of rotatable bonds is 9. The molecule has 0 bridgehead atoms. The molecule has 1 heterocycles. The lowest BCUT2D eigenvalue weighted by atomic mass is 10.1. The minimum Gasteiger partial charge on any atom is -0.493 e. The number of hydrogen-bond acceptors (Lipinski definition) is 5. The van der Waals surface area contributed by atoms with E-state index in [9.17, 15) is 9.59 Å². The van der Waals surface area contributed by atoms with E-state index in [-0.39, 0.29) is 5.57 Å². The van der Waals surface area contributed by atoms with Crippen LogP contribution in [0.1, 0.15) is 16.7 Å². The molecular formula is C27H26N2O4S. The first-order valence-electron chi connectivity index (χ1n) is 10.9. The van der Waals surface area contributed by atoms with Crippen molar-refractivity contribution in [2.24, 2.45) is 0 Å². The molecule has 4 rings (SSSR count). The number of benzene rings is 3. The van der Waals surface area contributed by atoms with Crippen LogP contribution in [-0.4, -0.2) is 31.3 Å². The van der Waals surface area contributed by atoms with Crippen LogP contribution in [0.4, 0.5) is 5.69 Å². The van der Waals surface area contributed by atoms with Crippen molar-refractivity contribution in [2.75, 3.05) is 24.5 Å². The van der Waals surface area contributed by atoms with Gasteiger partial charge in [-0.1, -0.05) is 54.1 Å². The topological polar surface area (TPSA) is 67.9 Å². The van der Waals surface area contributed by atoms with Gasteiger partial charge in [0.2, 0.25) is 0 Å². The minimum absolute atomic E-state index is 0.0621. The molecule has 0 saturated carbocycles. The van der Waals surface area contributed by atoms with Crippen molar-refractivity contribution in [3.8, 4) is 11.5 Å². The number of hydrogen-bond donors (Lipinski definition) is 1. The zero-order valence-corrected chi connectivity index (χ0v) is 19.9. The van der Waals surface area contributed by atoms with Crippen LogP contribution in [0.3, 0.4) is 0 Å². The van der Waals surface area contributed by atoms with Crippen molar-refractivity contribution in [2.45, 2.75) is 12.7 Å². The lowest BCUT2D eigenvalue weighted by Gasteiger charge is -2.14. The zero-order valence-electron chi connectivity index (χ0n) is 19.1. The minimum atomic E-state index is -0.446. The number of ether oxygens (including phenoxy) is 2. The van der Waals surface area contributed by atoms with E-state index in [2.05, 4.69) is 36.6 Å². The number of carbonyl (C=O) groups excluding carboxylic acids is 2. The summed E-state index contributed by atoms with van der Waals surface area (Å²) in [6.45, 7) is 2.62. The van der Waals surface area contributed by atoms with E-state index in [1.807, 2.05) is 6.07 Å². The third kappa shape index (κ3) is 5.61. The lowest BCUT2D eigenvalue weighted by molar-refractivity contribution is -0.117. The maximum atomic E-state index is 12.8. The maximum absolute atomic E-state index is 12.8. The second-order valence-corrected chi connectivity index (χ2v) is 8.88. The Morgan fingerprint density at radius 1 is 0.971 bits per heavy atom. The molecule has 34 heavy (non-hydrogen) atoms. The molecule has 7 heteroatoms. The molecule has 0 spiro atoms. The van der Waals surface area contributed by atoms with Crippen LogP contribution >= 0.6 is 11.8 Å². The average molecular weight is 475 g/mol. The third-order valence-corrected chi connectivity index (χ3v) is 6.27. The highest BCUT2D eigenvalue weighted by atomic mass is 32.2. The zero-order chi connectivity index (χ0) is 23.9. The van der Waals surface area contributed by atoms with Crippen LogP contribution < -0.4 is 19.9 Å². The number of nitrogens with one attached hydrogen (secondary N) is 1. The summed E-state index contributed by atoms with van der Waals surface area (Å²) in [7, 11) is 1.57. The normalized spacial score (nSPS) is 14.4. The van der Waals surface area contributed by atoms with Gasteiger partial charge >= 0.3 is 0 Å². The number of thioether (sulfide) groups is 1. The summed E-state index contributed by atoms with van der Waals surface area (Å²) >= 11 is 1.81. The summed E-state index contributed by atoms with van der Waals surface area (Å²) in [5, 5.41) is 1.25. The molecule has 1 aliphatic rings. The number of carbonyl (C=O) groups is 2. The number of anilines is 1. The average Bonchev–Trinajstić information content (AvgIpc) is 3.14. The quantitative estimate of drug-likeness (QED) is 0.275. The number of para-hydroxylation sites is 1. The number of aryl methyl sites for hydroxylation is 1. The fourth-order valence-electron chi connectivity index (χ4n) is 3.46. The molecule has 0 unspecified atom stereocenters. The molecule has 0 atom stereocenters. The number of amides is 2. The molecule has 6 nitrogen and oxygen atoms in total. The molecule has 0 radical (unpaired) electrons. The van der Waals surface area contributed by atoms with Gasteiger partial charge in [0.25, 0.3) is 11.8 Å². The molecule has 3 aromatic carbocycles. The molecule has 1 aliphatic heterocycles. The molecule has 1 N–H and O–H groups in total. The number of hydrazine groups is 1. The Labute approximate surface area is 203 Å². The Hall–Kier alpha value is -3.71. The summed E-state index contributed by atoms with van der Waals surface area (Å²) in [6.07, 6.45) is 1.56. The smallest absolute Gasteiger partial charge is 0.282 e. The molecule has 2 amide bonds. The van der Waals surface area contributed by atoms with E-state index >= 15 is 0 Å². The van der Waals surface area contributed by atoms with Crippen molar-refractivity contribution in [1.29, 1.82) is 0 Å². The lowest BCUT2D eigenvalue weighted by Crippen LogP contribution is -2.35. The predicted octanol–water partition coefficient (Wildman–Crippen LogP) is 4.78. The Morgan fingerprint density at radius 3 is 2.47 bits per heavy atom. The summed E-state index contributed by atoms with van der Waals surface area (Å²) in [5.41, 5.74) is 6.49. The maximum Gasteiger partial charge on any atom is 0.282 e. The van der Waals surface area contributed by atoms with E-state index in [0.717, 1.165) is 11.5 Å². The van der Waals surface area contributed by atoms with Gasteiger partial charge in [-0.3, -0.25) is 15.0 Å². The Bertz CT molecular complexity index is 1190. The fourth-order valence-corrected chi connectivity index (χ4v) is 4.23. The highest BCUT2D eigenvalue weighted by Gasteiger charge is 2.34. The molecule has 3 aromatic rings. The second-order valence-electron chi connectivity index (χ2n) is 7.77. The third-order valence-electron chi connectivity index (χ3n) is 5.28. The van der Waals surface area contributed by atoms with E-state index in [1.54, 1.807) is 67.4 Å². The first kappa shape index (κ1) is 23.4. The van der Waals surface area contributed by atoms with Crippen molar-refractivity contribution < 1.29 is 19.1 Å². The van der Waals surface area contributed by atoms with Gasteiger partial charge in [0.1, 0.15) is 5.57 Å². The van der Waals surface area contributed by atoms with Crippen molar-refractivity contribution in [3.05, 3.63) is 95.1 Å². The monoisotopic (exact) mass is 474 g/mol. The molecule has 174 valence electrons. The Balaban J connectivity index is 1.37. The predicted molar refractivity (Wildman–Crippen MR) is 136 cm³/mol. The van der Waals surface area contributed by atoms with Gasteiger partial charge in [-0.25, -0.2) is 5.01 Å². The van der Waals surface area contributed by atoms with Gasteiger partial charge in [-0.2, -0.15) is 11.8 Å². The Kier molecular flexibility index (Phi) is 7.54. The van der Waals surface area contributed by atoms with Crippen LogP contribution in [0.25, 0.3) is 6.08 Å². The summed E-state index contributed by atoms with van der Waals surface area (Å²) in [5.74, 6) is 2.09. The van der Waals surface area contributed by atoms with Crippen LogP contribution in [0, 0.1) is 6.92 Å². The van der Waals surface area contributed by atoms with Crippen LogP contribution in [-0.2, 0) is 15.3 Å². The van der Waals surface area contributed by atoms with E-state index in [0.29, 0.717) is 29.4 Å². The molecule has 0 aromatic heterocycles. The van der Waals surface area contributed by atoms with Crippen molar-refractivity contribution >= 4 is 35.3 Å². The standard InChI is InChI=1S/C27H26N2O4S/c1-19-8-10-20(11-9-19)18-34-15-14-33-24-13-12-21(17-25(24)32-2)16-23-26(30)28-29(27(23)31)22-6-4-3-5-7-22/h3-13,16-17H,14-15,18H2,1-2H3,(H,28,30). The SMILES string of the molecule is COc1cc(C=C2C(=O)NN(c3ccccc3)C2=O)ccc1OCCSCc1ccc(C)cc1. The fraction of sp³-hybridized carbons (Fsp3) is 0.185. The van der Waals surface area contributed by atoms with Gasteiger partial charge in [0.15, 0.2) is 11.5 Å². The van der Waals surface area contributed by atoms with Crippen LogP contribution in [0.5, 0.6) is 11.5 Å². The van der Waals surface area contributed by atoms with Gasteiger partial charge in [0.05, 0.1) is 19.4 Å². The summed E-state index contributed by atoms with van der Waals surface area (Å²) < 4.78 is 11.4. The van der Waals surface area contributed by atoms with Crippen molar-refractivity contribution in [3.63, 3.8) is 0 Å². The van der Waals surface area contributed by atoms with Gasteiger partial charge in [-0.05, 0) is 48.4 Å². The number of methoxy groups -OCH3 is 1. The van der Waals surface area contributed by atoms with Crippen LogP contribution in [0.2, 0.25) is 0 Å². The molecule has 1 fully saturated rings. The summed E-state index contributed by atoms with van der Waals surface area (Å²) in [4.78, 5) is 25.2. The van der Waals surface area contributed by atoms with E-state index in [1.165, 1.54) is 16.1 Å². The molecular weight excluding hydrogens is 448 g/mol. The largest absolute Gasteiger partial charge is 0.493 e. The second kappa shape index (κ2) is 10.9. The first-order chi connectivity index (χ1) is 16.5. The Morgan fingerprint density at radius 2 is 1.74 bits per heavy atom. The highest BCUT2D eigenvalue weighted by Crippen LogP contribution is 2.30. The van der Waals surface area contributed by atoms with Gasteiger partial charge in [0, 0.05) is 11.5 Å². The summed E-state index contributed by atoms with van der Waals surface area (Å²) in [6, 6.07) is 22.9. The number of nitrogens with zero attached hydrogens (tertiary/aromatic N) is 1. The van der Waals surface area contributed by atoms with E-state index < -0.39 is 11.8 Å². The highest BCUT2D eigenvalue weighted by molar-refractivity contribution is 7.98. The van der Waals surface area contributed by atoms with E-state index in [4.69, 9.17) is 9.47 Å². The van der Waals surface area contributed by atoms with Crippen molar-refractivity contribution in [1.82, 2.24) is 5.43 Å². The molecule has 1 saturated heterocycles.